The van der Waals surface area contributed by atoms with E-state index in [2.05, 4.69) is 6.92 Å². The molecular formula is C29H44F2O3. The van der Waals surface area contributed by atoms with E-state index in [1.807, 2.05) is 0 Å². The normalized spacial score (nSPS) is 32.5. The van der Waals surface area contributed by atoms with E-state index in [4.69, 9.17) is 14.2 Å². The van der Waals surface area contributed by atoms with Crippen LogP contribution in [0, 0.1) is 35.3 Å². The summed E-state index contributed by atoms with van der Waals surface area (Å²) in [5.74, 6) is 1.35. The van der Waals surface area contributed by atoms with Crippen LogP contribution >= 0.6 is 0 Å². The number of ether oxygens (including phenoxy) is 3. The molecule has 0 N–H and O–H groups in total. The molecule has 2 unspecified atom stereocenters. The van der Waals surface area contributed by atoms with E-state index in [0.29, 0.717) is 29.9 Å². The summed E-state index contributed by atoms with van der Waals surface area (Å²) in [6, 6.07) is 3.30. The molecule has 192 valence electrons. The average molecular weight is 479 g/mol. The summed E-state index contributed by atoms with van der Waals surface area (Å²) in [7, 11) is 0. The molecule has 1 aliphatic heterocycles. The monoisotopic (exact) mass is 478 g/mol. The maximum absolute atomic E-state index is 14.6. The van der Waals surface area contributed by atoms with Gasteiger partial charge in [0.05, 0.1) is 19.8 Å². The summed E-state index contributed by atoms with van der Waals surface area (Å²) in [6.07, 6.45) is 14.1. The molecule has 2 saturated carbocycles. The van der Waals surface area contributed by atoms with Crippen molar-refractivity contribution < 1.29 is 23.0 Å². The predicted octanol–water partition coefficient (Wildman–Crippen LogP) is 8.01. The van der Waals surface area contributed by atoms with Crippen molar-refractivity contribution in [2.75, 3.05) is 19.8 Å². The zero-order valence-corrected chi connectivity index (χ0v) is 21.2. The highest BCUT2D eigenvalue weighted by Crippen LogP contribution is 2.43. The van der Waals surface area contributed by atoms with Gasteiger partial charge in [0.15, 0.2) is 17.9 Å². The molecule has 3 aliphatic rings. The van der Waals surface area contributed by atoms with Crippen LogP contribution in [-0.4, -0.2) is 26.1 Å². The van der Waals surface area contributed by atoms with Crippen LogP contribution in [0.25, 0.3) is 0 Å². The molecule has 1 saturated heterocycles. The summed E-state index contributed by atoms with van der Waals surface area (Å²) in [6.45, 7) is 6.02. The third kappa shape index (κ3) is 6.51. The molecule has 2 atom stereocenters. The molecule has 4 rings (SSSR count). The predicted molar refractivity (Wildman–Crippen MR) is 131 cm³/mol. The van der Waals surface area contributed by atoms with Gasteiger partial charge >= 0.3 is 0 Å². The molecule has 5 heteroatoms. The number of hydrogen-bond donors (Lipinski definition) is 0. The average Bonchev–Trinajstić information content (AvgIpc) is 2.87. The van der Waals surface area contributed by atoms with Crippen LogP contribution < -0.4 is 4.74 Å². The molecule has 2 aliphatic carbocycles. The van der Waals surface area contributed by atoms with Gasteiger partial charge in [0.1, 0.15) is 0 Å². The fourth-order valence-corrected chi connectivity index (χ4v) is 6.62. The molecule has 0 radical (unpaired) electrons. The topological polar surface area (TPSA) is 27.7 Å². The van der Waals surface area contributed by atoms with Crippen LogP contribution in [0.4, 0.5) is 8.78 Å². The lowest BCUT2D eigenvalue weighted by atomic mass is 9.72. The molecule has 1 aromatic rings. The van der Waals surface area contributed by atoms with Crippen molar-refractivity contribution in [1.29, 1.82) is 0 Å². The minimum atomic E-state index is -0.845. The van der Waals surface area contributed by atoms with E-state index in [1.165, 1.54) is 38.5 Å². The number of benzene rings is 1. The van der Waals surface area contributed by atoms with Crippen molar-refractivity contribution >= 4 is 0 Å². The number of hydrogen-bond acceptors (Lipinski definition) is 3. The third-order valence-corrected chi connectivity index (χ3v) is 8.71. The van der Waals surface area contributed by atoms with E-state index in [-0.39, 0.29) is 18.0 Å². The Labute approximate surface area is 204 Å². The van der Waals surface area contributed by atoms with Gasteiger partial charge in [-0.2, -0.15) is 4.39 Å². The number of halogens is 2. The number of rotatable bonds is 9. The first-order valence-electron chi connectivity index (χ1n) is 13.9. The van der Waals surface area contributed by atoms with Crippen molar-refractivity contribution in [3.8, 4) is 5.75 Å². The van der Waals surface area contributed by atoms with Gasteiger partial charge in [-0.25, -0.2) is 4.39 Å². The second-order valence-electron chi connectivity index (χ2n) is 10.9. The Kier molecular flexibility index (Phi) is 9.64. The van der Waals surface area contributed by atoms with E-state index in [1.54, 1.807) is 19.1 Å². The zero-order valence-electron chi connectivity index (χ0n) is 21.2. The van der Waals surface area contributed by atoms with E-state index in [9.17, 15) is 8.78 Å². The van der Waals surface area contributed by atoms with Crippen molar-refractivity contribution in [3.05, 3.63) is 29.3 Å². The van der Waals surface area contributed by atoms with Crippen LogP contribution in [0.15, 0.2) is 12.1 Å². The molecule has 1 aromatic carbocycles. The molecular weight excluding hydrogens is 434 g/mol. The van der Waals surface area contributed by atoms with Crippen LogP contribution in [0.3, 0.4) is 0 Å². The van der Waals surface area contributed by atoms with Crippen molar-refractivity contribution in [2.45, 2.75) is 103 Å². The first-order valence-corrected chi connectivity index (χ1v) is 13.9. The van der Waals surface area contributed by atoms with Gasteiger partial charge in [-0.1, -0.05) is 38.7 Å². The molecule has 0 spiro atoms. The van der Waals surface area contributed by atoms with Crippen molar-refractivity contribution in [2.24, 2.45) is 23.7 Å². The maximum Gasteiger partial charge on any atom is 0.200 e. The molecule has 3 nitrogen and oxygen atoms in total. The lowest BCUT2D eigenvalue weighted by Gasteiger charge is -2.38. The summed E-state index contributed by atoms with van der Waals surface area (Å²) >= 11 is 0. The van der Waals surface area contributed by atoms with Crippen LogP contribution in [0.1, 0.15) is 102 Å². The molecule has 0 amide bonds. The second kappa shape index (κ2) is 12.7. The smallest absolute Gasteiger partial charge is 0.200 e. The highest BCUT2D eigenvalue weighted by molar-refractivity contribution is 5.33. The Morgan fingerprint density at radius 1 is 0.824 bits per heavy atom. The largest absolute Gasteiger partial charge is 0.491 e. The van der Waals surface area contributed by atoms with Gasteiger partial charge < -0.3 is 14.2 Å². The van der Waals surface area contributed by atoms with E-state index in [0.717, 1.165) is 57.7 Å². The highest BCUT2D eigenvalue weighted by Gasteiger charge is 2.33. The van der Waals surface area contributed by atoms with Gasteiger partial charge in [-0.15, -0.1) is 0 Å². The molecule has 3 fully saturated rings. The Balaban J connectivity index is 1.17. The lowest BCUT2D eigenvalue weighted by molar-refractivity contribution is -0.188. The van der Waals surface area contributed by atoms with Crippen LogP contribution in [-0.2, 0) is 9.47 Å². The highest BCUT2D eigenvalue weighted by atomic mass is 19.2. The third-order valence-electron chi connectivity index (χ3n) is 8.71. The minimum Gasteiger partial charge on any atom is -0.491 e. The molecule has 34 heavy (non-hydrogen) atoms. The van der Waals surface area contributed by atoms with Crippen LogP contribution in [0.2, 0.25) is 0 Å². The fraction of sp³-hybridized carbons (Fsp3) is 0.793. The Morgan fingerprint density at radius 3 is 2.18 bits per heavy atom. The van der Waals surface area contributed by atoms with Gasteiger partial charge in [-0.05, 0) is 99.5 Å². The lowest BCUT2D eigenvalue weighted by Crippen LogP contribution is -2.34. The van der Waals surface area contributed by atoms with Gasteiger partial charge in [0, 0.05) is 0 Å². The van der Waals surface area contributed by atoms with Gasteiger partial charge in [0.2, 0.25) is 5.82 Å². The quantitative estimate of drug-likeness (QED) is 0.360. The van der Waals surface area contributed by atoms with Crippen LogP contribution in [0.5, 0.6) is 5.75 Å². The SMILES string of the molecule is CCCC1CCC(COC2CCC(C3CCC(c4ccc(OCC)c(F)c4F)CC3)CO2)CC1. The Hall–Kier alpha value is -1.20. The molecule has 1 heterocycles. The van der Waals surface area contributed by atoms with Crippen molar-refractivity contribution in [1.82, 2.24) is 0 Å². The standard InChI is InChI=1S/C29H44F2O3/c1-3-5-20-6-8-21(9-7-20)18-33-27-17-14-24(19-34-27)22-10-12-23(13-11-22)25-15-16-26(32-4-2)29(31)28(25)30/h15-16,20-24,27H,3-14,17-19H2,1-2H3. The Morgan fingerprint density at radius 2 is 1.53 bits per heavy atom. The maximum atomic E-state index is 14.6. The fourth-order valence-electron chi connectivity index (χ4n) is 6.62. The summed E-state index contributed by atoms with van der Waals surface area (Å²) in [5, 5.41) is 0. The molecule has 0 aromatic heterocycles. The molecule has 0 bridgehead atoms. The summed E-state index contributed by atoms with van der Waals surface area (Å²) < 4.78 is 46.4. The van der Waals surface area contributed by atoms with Gasteiger partial charge in [0.25, 0.3) is 0 Å². The first-order chi connectivity index (χ1) is 16.6. The van der Waals surface area contributed by atoms with Gasteiger partial charge in [-0.3, -0.25) is 0 Å². The van der Waals surface area contributed by atoms with E-state index < -0.39 is 11.6 Å². The zero-order chi connectivity index (χ0) is 23.9. The first kappa shape index (κ1) is 25.9. The summed E-state index contributed by atoms with van der Waals surface area (Å²) in [5.41, 5.74) is 0.511. The Bertz CT molecular complexity index is 746. The summed E-state index contributed by atoms with van der Waals surface area (Å²) in [4.78, 5) is 0. The van der Waals surface area contributed by atoms with Crippen molar-refractivity contribution in [3.63, 3.8) is 0 Å². The second-order valence-corrected chi connectivity index (χ2v) is 10.9. The minimum absolute atomic E-state index is 0.0118. The van der Waals surface area contributed by atoms with E-state index >= 15 is 0 Å².